The first-order valence-corrected chi connectivity index (χ1v) is 5.89. The molecule has 0 aromatic carbocycles. The lowest BCUT2D eigenvalue weighted by Crippen LogP contribution is -2.47. The maximum Gasteiger partial charge on any atom is 0.295 e. The zero-order chi connectivity index (χ0) is 13.0. The third kappa shape index (κ3) is 2.62. The van der Waals surface area contributed by atoms with Crippen molar-refractivity contribution >= 4 is 5.82 Å². The Kier molecular flexibility index (Phi) is 4.16. The lowest BCUT2D eigenvalue weighted by Gasteiger charge is -2.33. The predicted molar refractivity (Wildman–Crippen MR) is 67.3 cm³/mol. The van der Waals surface area contributed by atoms with E-state index in [-0.39, 0.29) is 17.4 Å². The van der Waals surface area contributed by atoms with Crippen LogP contribution in [0.5, 0.6) is 5.75 Å². The number of ether oxygens (including phenoxy) is 2. The van der Waals surface area contributed by atoms with Gasteiger partial charge in [-0.3, -0.25) is 4.79 Å². The zero-order valence-electron chi connectivity index (χ0n) is 10.6. The minimum absolute atomic E-state index is 0.0922. The second kappa shape index (κ2) is 5.83. The summed E-state index contributed by atoms with van der Waals surface area (Å²) < 4.78 is 10.7. The standard InChI is InChI=1S/C11H18N4O3/c1-12-5-8-6-15(3-4-18-8)10-9(17-2)11(16)14-7-13-10/h7-8,12H,3-6H2,1-2H3,(H,13,14,16). The maximum absolute atomic E-state index is 11.6. The number of nitrogens with zero attached hydrogens (tertiary/aromatic N) is 2. The van der Waals surface area contributed by atoms with Crippen molar-refractivity contribution < 1.29 is 9.47 Å². The van der Waals surface area contributed by atoms with Gasteiger partial charge in [-0.05, 0) is 7.05 Å². The summed E-state index contributed by atoms with van der Waals surface area (Å²) in [6.45, 7) is 2.77. The number of aromatic amines is 1. The van der Waals surface area contributed by atoms with Crippen molar-refractivity contribution in [3.8, 4) is 5.75 Å². The van der Waals surface area contributed by atoms with E-state index in [1.54, 1.807) is 0 Å². The Morgan fingerprint density at radius 2 is 2.56 bits per heavy atom. The topological polar surface area (TPSA) is 79.5 Å². The molecule has 100 valence electrons. The highest BCUT2D eigenvalue weighted by Crippen LogP contribution is 2.22. The molecule has 1 unspecified atom stereocenters. The number of methoxy groups -OCH3 is 1. The molecule has 0 radical (unpaired) electrons. The molecule has 1 aromatic heterocycles. The minimum atomic E-state index is -0.265. The van der Waals surface area contributed by atoms with Crippen LogP contribution < -0.4 is 20.5 Å². The van der Waals surface area contributed by atoms with Gasteiger partial charge in [-0.1, -0.05) is 0 Å². The summed E-state index contributed by atoms with van der Waals surface area (Å²) in [6.07, 6.45) is 1.48. The number of hydrogen-bond donors (Lipinski definition) is 2. The van der Waals surface area contributed by atoms with E-state index in [1.165, 1.54) is 13.4 Å². The number of H-pyrrole nitrogens is 1. The fraction of sp³-hybridized carbons (Fsp3) is 0.636. The highest BCUT2D eigenvalue weighted by Gasteiger charge is 2.24. The molecule has 1 atom stereocenters. The van der Waals surface area contributed by atoms with Crippen LogP contribution >= 0.6 is 0 Å². The van der Waals surface area contributed by atoms with Crippen molar-refractivity contribution in [1.82, 2.24) is 15.3 Å². The van der Waals surface area contributed by atoms with Gasteiger partial charge >= 0.3 is 0 Å². The molecule has 2 rings (SSSR count). The van der Waals surface area contributed by atoms with Gasteiger partial charge in [-0.15, -0.1) is 0 Å². The molecule has 7 nitrogen and oxygen atoms in total. The highest BCUT2D eigenvalue weighted by atomic mass is 16.5. The fourth-order valence-corrected chi connectivity index (χ4v) is 2.05. The summed E-state index contributed by atoms with van der Waals surface area (Å²) in [6, 6.07) is 0. The van der Waals surface area contributed by atoms with Crippen molar-refractivity contribution in [2.24, 2.45) is 0 Å². The fourth-order valence-electron chi connectivity index (χ4n) is 2.05. The van der Waals surface area contributed by atoms with Gasteiger partial charge in [0.2, 0.25) is 5.75 Å². The van der Waals surface area contributed by atoms with Crippen molar-refractivity contribution in [2.75, 3.05) is 45.3 Å². The summed E-state index contributed by atoms with van der Waals surface area (Å²) in [7, 11) is 3.36. The van der Waals surface area contributed by atoms with Crippen LogP contribution in [0.2, 0.25) is 0 Å². The number of aromatic nitrogens is 2. The van der Waals surface area contributed by atoms with E-state index in [0.717, 1.165) is 6.54 Å². The maximum atomic E-state index is 11.6. The van der Waals surface area contributed by atoms with E-state index < -0.39 is 0 Å². The average Bonchev–Trinajstić information content (AvgIpc) is 2.39. The van der Waals surface area contributed by atoms with E-state index in [2.05, 4.69) is 15.3 Å². The van der Waals surface area contributed by atoms with Crippen LogP contribution in [0.1, 0.15) is 0 Å². The quantitative estimate of drug-likeness (QED) is 0.732. The molecule has 0 bridgehead atoms. The van der Waals surface area contributed by atoms with Gasteiger partial charge in [-0.2, -0.15) is 0 Å². The Balaban J connectivity index is 2.20. The van der Waals surface area contributed by atoms with Crippen LogP contribution in [0.25, 0.3) is 0 Å². The Hall–Kier alpha value is -1.60. The SMILES string of the molecule is CNCC1CN(c2nc[nH]c(=O)c2OC)CCO1. The monoisotopic (exact) mass is 254 g/mol. The number of likely N-dealkylation sites (N-methyl/N-ethyl adjacent to an activating group) is 1. The number of nitrogens with one attached hydrogen (secondary N) is 2. The number of anilines is 1. The van der Waals surface area contributed by atoms with Crippen molar-refractivity contribution in [2.45, 2.75) is 6.10 Å². The van der Waals surface area contributed by atoms with Crippen LogP contribution in [-0.2, 0) is 4.74 Å². The normalized spacial score (nSPS) is 19.9. The number of morpholine rings is 1. The molecule has 0 aliphatic carbocycles. The molecule has 1 saturated heterocycles. The van der Waals surface area contributed by atoms with Gasteiger partial charge < -0.3 is 24.7 Å². The third-order valence-electron chi connectivity index (χ3n) is 2.87. The Morgan fingerprint density at radius 3 is 3.28 bits per heavy atom. The van der Waals surface area contributed by atoms with Crippen LogP contribution in [0.15, 0.2) is 11.1 Å². The van der Waals surface area contributed by atoms with E-state index in [4.69, 9.17) is 9.47 Å². The lowest BCUT2D eigenvalue weighted by atomic mass is 10.2. The molecule has 0 saturated carbocycles. The molecular formula is C11H18N4O3. The predicted octanol–water partition coefficient (Wildman–Crippen LogP) is -0.797. The zero-order valence-corrected chi connectivity index (χ0v) is 10.6. The van der Waals surface area contributed by atoms with Gasteiger partial charge in [0.05, 0.1) is 26.1 Å². The summed E-state index contributed by atoms with van der Waals surface area (Å²) in [4.78, 5) is 20.3. The molecule has 0 spiro atoms. The minimum Gasteiger partial charge on any atom is -0.489 e. The smallest absolute Gasteiger partial charge is 0.295 e. The van der Waals surface area contributed by atoms with Gasteiger partial charge in [0.25, 0.3) is 5.56 Å². The molecular weight excluding hydrogens is 236 g/mol. The summed E-state index contributed by atoms with van der Waals surface area (Å²) in [5.74, 6) is 0.827. The lowest BCUT2D eigenvalue weighted by molar-refractivity contribution is 0.0417. The van der Waals surface area contributed by atoms with Crippen molar-refractivity contribution in [3.05, 3.63) is 16.7 Å². The van der Waals surface area contributed by atoms with Crippen molar-refractivity contribution in [1.29, 1.82) is 0 Å². The van der Waals surface area contributed by atoms with Gasteiger partial charge in [0, 0.05) is 19.6 Å². The first kappa shape index (κ1) is 12.8. The number of rotatable bonds is 4. The van der Waals surface area contributed by atoms with Crippen molar-refractivity contribution in [3.63, 3.8) is 0 Å². The summed E-state index contributed by atoms with van der Waals surface area (Å²) in [5, 5.41) is 3.08. The van der Waals surface area contributed by atoms with E-state index >= 15 is 0 Å². The highest BCUT2D eigenvalue weighted by molar-refractivity contribution is 5.51. The van der Waals surface area contributed by atoms with Crippen LogP contribution in [0.4, 0.5) is 5.82 Å². The second-order valence-corrected chi connectivity index (χ2v) is 4.09. The van der Waals surface area contributed by atoms with Gasteiger partial charge in [0.1, 0.15) is 0 Å². The Bertz CT molecular complexity index is 446. The molecule has 2 N–H and O–H groups in total. The van der Waals surface area contributed by atoms with Gasteiger partial charge in [-0.25, -0.2) is 4.98 Å². The molecule has 18 heavy (non-hydrogen) atoms. The molecule has 1 aromatic rings. The van der Waals surface area contributed by atoms with E-state index in [0.29, 0.717) is 25.5 Å². The summed E-state index contributed by atoms with van der Waals surface area (Å²) in [5.41, 5.74) is -0.265. The van der Waals surface area contributed by atoms with Crippen LogP contribution in [0, 0.1) is 0 Å². The molecule has 1 aliphatic rings. The second-order valence-electron chi connectivity index (χ2n) is 4.09. The molecule has 2 heterocycles. The number of hydrogen-bond acceptors (Lipinski definition) is 6. The van der Waals surface area contributed by atoms with Crippen LogP contribution in [0.3, 0.4) is 0 Å². The molecule has 1 fully saturated rings. The Labute approximate surface area is 105 Å². The molecule has 1 aliphatic heterocycles. The average molecular weight is 254 g/mol. The van der Waals surface area contributed by atoms with E-state index in [1.807, 2.05) is 11.9 Å². The van der Waals surface area contributed by atoms with E-state index in [9.17, 15) is 4.79 Å². The molecule has 0 amide bonds. The summed E-state index contributed by atoms with van der Waals surface area (Å²) >= 11 is 0. The molecule has 7 heteroatoms. The first-order valence-electron chi connectivity index (χ1n) is 5.89. The third-order valence-corrected chi connectivity index (χ3v) is 2.87. The van der Waals surface area contributed by atoms with Gasteiger partial charge in [0.15, 0.2) is 5.82 Å². The first-order chi connectivity index (χ1) is 8.76. The largest absolute Gasteiger partial charge is 0.489 e. The Morgan fingerprint density at radius 1 is 1.72 bits per heavy atom. The van der Waals surface area contributed by atoms with Crippen LogP contribution in [-0.4, -0.2) is 56.5 Å².